The van der Waals surface area contributed by atoms with Gasteiger partial charge in [-0.25, -0.2) is 0 Å². The van der Waals surface area contributed by atoms with Crippen LogP contribution in [0.2, 0.25) is 0 Å². The Morgan fingerprint density at radius 1 is 1.17 bits per heavy atom. The van der Waals surface area contributed by atoms with Gasteiger partial charge in [0.2, 0.25) is 0 Å². The number of aryl methyl sites for hydroxylation is 1. The van der Waals surface area contributed by atoms with Gasteiger partial charge in [0.05, 0.1) is 30.6 Å². The van der Waals surface area contributed by atoms with Crippen molar-refractivity contribution in [2.24, 2.45) is 0 Å². The first-order chi connectivity index (χ1) is 14.2. The van der Waals surface area contributed by atoms with Crippen molar-refractivity contribution in [1.29, 1.82) is 0 Å². The molecule has 2 aromatic carbocycles. The lowest BCUT2D eigenvalue weighted by Crippen LogP contribution is -2.31. The van der Waals surface area contributed by atoms with Crippen LogP contribution in [-0.2, 0) is 6.42 Å². The second-order valence-electron chi connectivity index (χ2n) is 7.37. The fraction of sp³-hybridized carbons (Fsp3) is 0.217. The minimum atomic E-state index is -0.124. The van der Waals surface area contributed by atoms with E-state index < -0.39 is 0 Å². The number of para-hydroxylation sites is 1. The molecule has 1 unspecified atom stereocenters. The molecule has 146 valence electrons. The lowest BCUT2D eigenvalue weighted by atomic mass is 9.91. The lowest BCUT2D eigenvalue weighted by Gasteiger charge is -2.23. The van der Waals surface area contributed by atoms with Crippen molar-refractivity contribution in [3.63, 3.8) is 0 Å². The van der Waals surface area contributed by atoms with Crippen molar-refractivity contribution in [3.05, 3.63) is 71.5 Å². The maximum atomic E-state index is 13.1. The minimum absolute atomic E-state index is 0.0303. The third kappa shape index (κ3) is 3.06. The molecule has 0 radical (unpaired) electrons. The van der Waals surface area contributed by atoms with Crippen LogP contribution in [0.5, 0.6) is 5.75 Å². The van der Waals surface area contributed by atoms with Crippen LogP contribution < -0.4 is 10.1 Å². The fourth-order valence-corrected chi connectivity index (χ4v) is 4.23. The van der Waals surface area contributed by atoms with Gasteiger partial charge in [-0.2, -0.15) is 5.10 Å². The van der Waals surface area contributed by atoms with Crippen LogP contribution in [0.25, 0.3) is 22.2 Å². The number of nitrogens with one attached hydrogen (secondary N) is 3. The first-order valence-corrected chi connectivity index (χ1v) is 9.82. The average Bonchev–Trinajstić information content (AvgIpc) is 3.39. The molecule has 0 bridgehead atoms. The number of ether oxygens (including phenoxy) is 1. The Morgan fingerprint density at radius 2 is 2.00 bits per heavy atom. The van der Waals surface area contributed by atoms with E-state index in [1.807, 2.05) is 30.3 Å². The molecular weight excluding hydrogens is 364 g/mol. The van der Waals surface area contributed by atoms with Crippen LogP contribution in [0, 0.1) is 0 Å². The van der Waals surface area contributed by atoms with Gasteiger partial charge >= 0.3 is 0 Å². The third-order valence-corrected chi connectivity index (χ3v) is 5.68. The van der Waals surface area contributed by atoms with Crippen LogP contribution in [0.1, 0.15) is 40.5 Å². The second-order valence-corrected chi connectivity index (χ2v) is 7.37. The first-order valence-electron chi connectivity index (χ1n) is 9.82. The zero-order valence-electron chi connectivity index (χ0n) is 16.2. The Bertz CT molecular complexity index is 1170. The molecule has 4 aromatic rings. The zero-order chi connectivity index (χ0) is 19.8. The molecule has 1 atom stereocenters. The summed E-state index contributed by atoms with van der Waals surface area (Å²) in [6, 6.07) is 15.9. The number of rotatable bonds is 4. The summed E-state index contributed by atoms with van der Waals surface area (Å²) >= 11 is 0. The van der Waals surface area contributed by atoms with Crippen LogP contribution in [0.4, 0.5) is 0 Å². The van der Waals surface area contributed by atoms with Crippen LogP contribution in [0.15, 0.2) is 54.7 Å². The Kier molecular flexibility index (Phi) is 4.31. The highest BCUT2D eigenvalue weighted by molar-refractivity contribution is 6.00. The average molecular weight is 386 g/mol. The van der Waals surface area contributed by atoms with Crippen molar-refractivity contribution in [2.45, 2.75) is 25.3 Å². The number of hydrogen-bond donors (Lipinski definition) is 3. The molecule has 6 nitrogen and oxygen atoms in total. The summed E-state index contributed by atoms with van der Waals surface area (Å²) in [5, 5.41) is 11.5. The van der Waals surface area contributed by atoms with Crippen molar-refractivity contribution in [3.8, 4) is 17.0 Å². The molecule has 1 amide bonds. The monoisotopic (exact) mass is 386 g/mol. The van der Waals surface area contributed by atoms with E-state index in [0.29, 0.717) is 11.3 Å². The largest absolute Gasteiger partial charge is 0.497 e. The Morgan fingerprint density at radius 3 is 2.83 bits per heavy atom. The van der Waals surface area contributed by atoms with Crippen molar-refractivity contribution in [1.82, 2.24) is 20.5 Å². The summed E-state index contributed by atoms with van der Waals surface area (Å²) in [4.78, 5) is 16.6. The summed E-state index contributed by atoms with van der Waals surface area (Å²) < 4.78 is 5.21. The number of nitrogens with zero attached hydrogens (tertiary/aromatic N) is 1. The van der Waals surface area contributed by atoms with Gasteiger partial charge in [0, 0.05) is 22.2 Å². The Balaban J connectivity index is 1.43. The summed E-state index contributed by atoms with van der Waals surface area (Å²) in [6.07, 6.45) is 4.59. The first kappa shape index (κ1) is 17.6. The van der Waals surface area contributed by atoms with E-state index in [1.54, 1.807) is 13.3 Å². The normalized spacial score (nSPS) is 15.8. The predicted molar refractivity (Wildman–Crippen MR) is 112 cm³/mol. The van der Waals surface area contributed by atoms with Gasteiger partial charge in [0.15, 0.2) is 0 Å². The van der Waals surface area contributed by atoms with Gasteiger partial charge in [0.25, 0.3) is 5.91 Å². The SMILES string of the molecule is COc1ccc(-c2[nH]ncc2C(=O)NC2CCCc3c2[nH]c2ccccc32)cc1. The quantitative estimate of drug-likeness (QED) is 0.487. The van der Waals surface area contributed by atoms with Crippen molar-refractivity contribution >= 4 is 16.8 Å². The van der Waals surface area contributed by atoms with Crippen LogP contribution in [0.3, 0.4) is 0 Å². The number of fused-ring (bicyclic) bond motifs is 3. The van der Waals surface area contributed by atoms with Crippen LogP contribution >= 0.6 is 0 Å². The molecule has 0 fully saturated rings. The van der Waals surface area contributed by atoms with E-state index in [1.165, 1.54) is 10.9 Å². The molecule has 0 aliphatic heterocycles. The minimum Gasteiger partial charge on any atom is -0.497 e. The predicted octanol–water partition coefficient (Wildman–Crippen LogP) is 4.37. The smallest absolute Gasteiger partial charge is 0.255 e. The molecule has 6 heteroatoms. The molecule has 0 saturated heterocycles. The maximum absolute atomic E-state index is 13.1. The standard InChI is InChI=1S/C23H22N4O2/c1-29-15-11-9-14(10-12-15)21-18(13-24-27-21)23(28)26-20-8-4-6-17-16-5-2-3-7-19(16)25-22(17)20/h2-3,5,7,9-13,20,25H,4,6,8H2,1H3,(H,24,27)(H,26,28). The third-order valence-electron chi connectivity index (χ3n) is 5.68. The summed E-state index contributed by atoms with van der Waals surface area (Å²) in [6.45, 7) is 0. The summed E-state index contributed by atoms with van der Waals surface area (Å²) in [5.41, 5.74) is 5.71. The number of benzene rings is 2. The number of aromatic amines is 2. The summed E-state index contributed by atoms with van der Waals surface area (Å²) in [5.74, 6) is 0.647. The van der Waals surface area contributed by atoms with Gasteiger partial charge in [-0.15, -0.1) is 0 Å². The lowest BCUT2D eigenvalue weighted by molar-refractivity contribution is 0.0932. The number of H-pyrrole nitrogens is 2. The second kappa shape index (κ2) is 7.13. The highest BCUT2D eigenvalue weighted by Crippen LogP contribution is 2.35. The van der Waals surface area contributed by atoms with E-state index >= 15 is 0 Å². The fourth-order valence-electron chi connectivity index (χ4n) is 4.23. The molecule has 5 rings (SSSR count). The van der Waals surface area contributed by atoms with Crippen molar-refractivity contribution < 1.29 is 9.53 Å². The van der Waals surface area contributed by atoms with Crippen LogP contribution in [-0.4, -0.2) is 28.2 Å². The molecule has 0 spiro atoms. The molecule has 2 heterocycles. The highest BCUT2D eigenvalue weighted by Gasteiger charge is 2.27. The molecule has 0 saturated carbocycles. The molecule has 2 aromatic heterocycles. The number of amides is 1. The van der Waals surface area contributed by atoms with Gasteiger partial charge in [0.1, 0.15) is 5.75 Å². The van der Waals surface area contributed by atoms with E-state index in [0.717, 1.165) is 41.8 Å². The topological polar surface area (TPSA) is 82.8 Å². The number of carbonyl (C=O) groups is 1. The number of methoxy groups -OCH3 is 1. The van der Waals surface area contributed by atoms with E-state index in [2.05, 4.69) is 38.7 Å². The van der Waals surface area contributed by atoms with E-state index in [4.69, 9.17) is 4.74 Å². The zero-order valence-corrected chi connectivity index (χ0v) is 16.2. The van der Waals surface area contributed by atoms with E-state index in [9.17, 15) is 4.79 Å². The molecule has 3 N–H and O–H groups in total. The Labute approximate surface area is 168 Å². The molecule has 1 aliphatic carbocycles. The number of carbonyl (C=O) groups excluding carboxylic acids is 1. The number of hydrogen-bond acceptors (Lipinski definition) is 3. The summed E-state index contributed by atoms with van der Waals surface area (Å²) in [7, 11) is 1.63. The van der Waals surface area contributed by atoms with Crippen molar-refractivity contribution in [2.75, 3.05) is 7.11 Å². The molecular formula is C23H22N4O2. The highest BCUT2D eigenvalue weighted by atomic mass is 16.5. The van der Waals surface area contributed by atoms with Gasteiger partial charge in [-0.05, 0) is 55.2 Å². The van der Waals surface area contributed by atoms with Gasteiger partial charge < -0.3 is 15.0 Å². The van der Waals surface area contributed by atoms with Gasteiger partial charge in [-0.3, -0.25) is 9.89 Å². The molecule has 1 aliphatic rings. The number of aromatic nitrogens is 3. The van der Waals surface area contributed by atoms with E-state index in [-0.39, 0.29) is 11.9 Å². The van der Waals surface area contributed by atoms with Gasteiger partial charge in [-0.1, -0.05) is 18.2 Å². The maximum Gasteiger partial charge on any atom is 0.255 e. The Hall–Kier alpha value is -3.54. The molecule has 29 heavy (non-hydrogen) atoms.